The highest BCUT2D eigenvalue weighted by molar-refractivity contribution is 5.71. The highest BCUT2D eigenvalue weighted by atomic mass is 19.4. The molecule has 0 saturated heterocycles. The van der Waals surface area contributed by atoms with E-state index in [1.165, 1.54) is 6.07 Å². The van der Waals surface area contributed by atoms with E-state index in [4.69, 9.17) is 0 Å². The highest BCUT2D eigenvalue weighted by Crippen LogP contribution is 2.38. The third-order valence-corrected chi connectivity index (χ3v) is 3.17. The van der Waals surface area contributed by atoms with Gasteiger partial charge in [-0.25, -0.2) is 0 Å². The second-order valence-corrected chi connectivity index (χ2v) is 4.56. The Morgan fingerprint density at radius 1 is 0.947 bits per heavy atom. The van der Waals surface area contributed by atoms with Crippen molar-refractivity contribution in [2.24, 2.45) is 0 Å². The van der Waals surface area contributed by atoms with Crippen LogP contribution in [-0.2, 0) is 12.6 Å². The molecule has 0 atom stereocenters. The monoisotopic (exact) mass is 264 g/mol. The summed E-state index contributed by atoms with van der Waals surface area (Å²) in [7, 11) is 0. The molecule has 0 aliphatic carbocycles. The van der Waals surface area contributed by atoms with Crippen LogP contribution in [0.15, 0.2) is 42.5 Å². The zero-order chi connectivity index (χ0) is 14.0. The first-order valence-electron chi connectivity index (χ1n) is 6.19. The zero-order valence-corrected chi connectivity index (χ0v) is 10.9. The summed E-state index contributed by atoms with van der Waals surface area (Å²) < 4.78 is 39.4. The van der Waals surface area contributed by atoms with Crippen LogP contribution in [0.1, 0.15) is 23.6 Å². The predicted molar refractivity (Wildman–Crippen MR) is 71.0 cm³/mol. The summed E-state index contributed by atoms with van der Waals surface area (Å²) in [6.45, 7) is 3.62. The van der Waals surface area contributed by atoms with Crippen LogP contribution in [0, 0.1) is 6.92 Å². The summed E-state index contributed by atoms with van der Waals surface area (Å²) in [5.74, 6) is 0. The van der Waals surface area contributed by atoms with Crippen LogP contribution in [0.2, 0.25) is 0 Å². The Balaban J connectivity index is 2.69. The van der Waals surface area contributed by atoms with Gasteiger partial charge in [-0.1, -0.05) is 48.9 Å². The summed E-state index contributed by atoms with van der Waals surface area (Å²) in [5.41, 5.74) is 1.91. The van der Waals surface area contributed by atoms with Gasteiger partial charge in [0.2, 0.25) is 0 Å². The molecule has 2 aromatic rings. The first kappa shape index (κ1) is 13.7. The fraction of sp³-hybridized carbons (Fsp3) is 0.250. The van der Waals surface area contributed by atoms with Crippen LogP contribution >= 0.6 is 0 Å². The molecule has 19 heavy (non-hydrogen) atoms. The van der Waals surface area contributed by atoms with E-state index < -0.39 is 11.7 Å². The molecule has 0 aromatic heterocycles. The fourth-order valence-electron chi connectivity index (χ4n) is 2.22. The van der Waals surface area contributed by atoms with Gasteiger partial charge in [0.15, 0.2) is 0 Å². The Morgan fingerprint density at radius 2 is 1.63 bits per heavy atom. The minimum absolute atomic E-state index is 0.260. The van der Waals surface area contributed by atoms with E-state index in [1.54, 1.807) is 31.2 Å². The molecular formula is C16H15F3. The third-order valence-electron chi connectivity index (χ3n) is 3.17. The molecule has 0 aliphatic heterocycles. The number of hydrogen-bond donors (Lipinski definition) is 0. The van der Waals surface area contributed by atoms with Crippen molar-refractivity contribution >= 4 is 0 Å². The summed E-state index contributed by atoms with van der Waals surface area (Å²) >= 11 is 0. The van der Waals surface area contributed by atoms with E-state index in [0.717, 1.165) is 5.56 Å². The molecule has 0 N–H and O–H groups in total. The normalized spacial score (nSPS) is 11.6. The van der Waals surface area contributed by atoms with E-state index in [1.807, 2.05) is 19.1 Å². The predicted octanol–water partition coefficient (Wildman–Crippen LogP) is 5.24. The van der Waals surface area contributed by atoms with Crippen molar-refractivity contribution in [3.8, 4) is 11.1 Å². The molecule has 2 aromatic carbocycles. The van der Waals surface area contributed by atoms with Crippen LogP contribution in [0.5, 0.6) is 0 Å². The Morgan fingerprint density at radius 3 is 2.26 bits per heavy atom. The largest absolute Gasteiger partial charge is 0.417 e. The van der Waals surface area contributed by atoms with E-state index >= 15 is 0 Å². The third kappa shape index (κ3) is 2.80. The molecule has 0 aliphatic rings. The minimum atomic E-state index is -4.33. The Hall–Kier alpha value is -1.77. The van der Waals surface area contributed by atoms with Gasteiger partial charge in [0.1, 0.15) is 0 Å². The molecule has 0 amide bonds. The summed E-state index contributed by atoms with van der Waals surface area (Å²) in [4.78, 5) is 0. The van der Waals surface area contributed by atoms with Crippen molar-refractivity contribution in [2.45, 2.75) is 26.4 Å². The maximum atomic E-state index is 13.1. The molecule has 0 saturated carbocycles. The molecule has 0 bridgehead atoms. The summed E-state index contributed by atoms with van der Waals surface area (Å²) in [5, 5.41) is 0. The number of alkyl halides is 3. The quantitative estimate of drug-likeness (QED) is 0.695. The number of halogens is 3. The second-order valence-electron chi connectivity index (χ2n) is 4.56. The van der Waals surface area contributed by atoms with Gasteiger partial charge in [-0.3, -0.25) is 0 Å². The summed E-state index contributed by atoms with van der Waals surface area (Å²) in [6.07, 6.45) is -3.62. The van der Waals surface area contributed by atoms with Crippen LogP contribution in [0.3, 0.4) is 0 Å². The van der Waals surface area contributed by atoms with Gasteiger partial charge in [-0.05, 0) is 36.1 Å². The standard InChI is InChI=1S/C16H15F3/c1-3-12-6-4-5-7-13(12)14-9-8-11(2)10-15(14)16(17,18)19/h4-10H,3H2,1-2H3. The molecular weight excluding hydrogens is 249 g/mol. The Kier molecular flexibility index (Phi) is 3.65. The average molecular weight is 264 g/mol. The molecule has 0 unspecified atom stereocenters. The molecule has 0 fully saturated rings. The van der Waals surface area contributed by atoms with Gasteiger partial charge in [0.05, 0.1) is 5.56 Å². The van der Waals surface area contributed by atoms with Gasteiger partial charge in [-0.15, -0.1) is 0 Å². The van der Waals surface area contributed by atoms with Crippen molar-refractivity contribution < 1.29 is 13.2 Å². The number of aryl methyl sites for hydroxylation is 2. The van der Waals surface area contributed by atoms with Crippen molar-refractivity contribution in [2.75, 3.05) is 0 Å². The molecule has 0 nitrogen and oxygen atoms in total. The SMILES string of the molecule is CCc1ccccc1-c1ccc(C)cc1C(F)(F)F. The van der Waals surface area contributed by atoms with Crippen LogP contribution < -0.4 is 0 Å². The van der Waals surface area contributed by atoms with E-state index in [2.05, 4.69) is 0 Å². The van der Waals surface area contributed by atoms with Crippen LogP contribution in [-0.4, -0.2) is 0 Å². The van der Waals surface area contributed by atoms with E-state index in [9.17, 15) is 13.2 Å². The van der Waals surface area contributed by atoms with E-state index in [0.29, 0.717) is 17.5 Å². The average Bonchev–Trinajstić information content (AvgIpc) is 2.37. The lowest BCUT2D eigenvalue weighted by Gasteiger charge is -2.16. The molecule has 3 heteroatoms. The Labute approximate surface area is 110 Å². The van der Waals surface area contributed by atoms with Crippen LogP contribution in [0.25, 0.3) is 11.1 Å². The molecule has 0 radical (unpaired) electrons. The Bertz CT molecular complexity index is 583. The number of rotatable bonds is 2. The van der Waals surface area contributed by atoms with Crippen molar-refractivity contribution in [1.82, 2.24) is 0 Å². The molecule has 2 rings (SSSR count). The zero-order valence-electron chi connectivity index (χ0n) is 10.9. The maximum absolute atomic E-state index is 13.1. The lowest BCUT2D eigenvalue weighted by Crippen LogP contribution is -2.08. The molecule has 0 spiro atoms. The lowest BCUT2D eigenvalue weighted by molar-refractivity contribution is -0.137. The van der Waals surface area contributed by atoms with Crippen molar-refractivity contribution in [3.05, 3.63) is 59.2 Å². The van der Waals surface area contributed by atoms with E-state index in [-0.39, 0.29) is 5.56 Å². The highest BCUT2D eigenvalue weighted by Gasteiger charge is 2.33. The van der Waals surface area contributed by atoms with Gasteiger partial charge < -0.3 is 0 Å². The van der Waals surface area contributed by atoms with Crippen molar-refractivity contribution in [1.29, 1.82) is 0 Å². The number of hydrogen-bond acceptors (Lipinski definition) is 0. The summed E-state index contributed by atoms with van der Waals surface area (Å²) in [6, 6.07) is 11.7. The van der Waals surface area contributed by atoms with Gasteiger partial charge in [0.25, 0.3) is 0 Å². The maximum Gasteiger partial charge on any atom is 0.417 e. The molecule has 100 valence electrons. The topological polar surface area (TPSA) is 0 Å². The van der Waals surface area contributed by atoms with Gasteiger partial charge in [-0.2, -0.15) is 13.2 Å². The lowest BCUT2D eigenvalue weighted by atomic mass is 9.93. The molecule has 0 heterocycles. The van der Waals surface area contributed by atoms with Crippen LogP contribution in [0.4, 0.5) is 13.2 Å². The van der Waals surface area contributed by atoms with Gasteiger partial charge in [0, 0.05) is 0 Å². The fourth-order valence-corrected chi connectivity index (χ4v) is 2.22. The second kappa shape index (κ2) is 5.08. The number of benzene rings is 2. The van der Waals surface area contributed by atoms with Crippen molar-refractivity contribution in [3.63, 3.8) is 0 Å². The first-order chi connectivity index (χ1) is 8.93. The van der Waals surface area contributed by atoms with Gasteiger partial charge >= 0.3 is 6.18 Å². The smallest absolute Gasteiger partial charge is 0.166 e. The first-order valence-corrected chi connectivity index (χ1v) is 6.19. The minimum Gasteiger partial charge on any atom is -0.166 e.